The molecule has 1 atom stereocenters. The number of anilines is 2. The Bertz CT molecular complexity index is 630. The van der Waals surface area contributed by atoms with Gasteiger partial charge in [0.15, 0.2) is 0 Å². The maximum absolute atomic E-state index is 10.6. The number of nitro groups is 1. The summed E-state index contributed by atoms with van der Waals surface area (Å²) in [6.45, 7) is 2.90. The molecule has 0 saturated carbocycles. The van der Waals surface area contributed by atoms with Crippen LogP contribution < -0.4 is 10.2 Å². The Kier molecular flexibility index (Phi) is 4.18. The van der Waals surface area contributed by atoms with Gasteiger partial charge in [0.05, 0.1) is 4.92 Å². The van der Waals surface area contributed by atoms with Gasteiger partial charge in [-0.05, 0) is 30.5 Å². The van der Waals surface area contributed by atoms with E-state index in [1.807, 2.05) is 6.07 Å². The molecule has 2 aromatic rings. The van der Waals surface area contributed by atoms with Crippen LogP contribution in [-0.4, -0.2) is 29.5 Å². The zero-order valence-corrected chi connectivity index (χ0v) is 12.2. The van der Waals surface area contributed by atoms with Gasteiger partial charge in [0.25, 0.3) is 5.69 Å². The molecule has 1 aromatic carbocycles. The molecule has 1 saturated heterocycles. The Balaban J connectivity index is 1.51. The zero-order chi connectivity index (χ0) is 15.4. The van der Waals surface area contributed by atoms with Crippen molar-refractivity contribution in [1.82, 2.24) is 4.98 Å². The maximum Gasteiger partial charge on any atom is 0.287 e. The fourth-order valence-corrected chi connectivity index (χ4v) is 2.72. The molecule has 2 heterocycles. The molecule has 0 aliphatic carbocycles. The number of nitrogens with zero attached hydrogens (tertiary/aromatic N) is 3. The van der Waals surface area contributed by atoms with E-state index in [1.54, 1.807) is 6.07 Å². The van der Waals surface area contributed by atoms with Gasteiger partial charge in [0, 0.05) is 31.4 Å². The van der Waals surface area contributed by atoms with Gasteiger partial charge in [0.1, 0.15) is 12.0 Å². The van der Waals surface area contributed by atoms with Crippen molar-refractivity contribution in [3.05, 3.63) is 58.8 Å². The van der Waals surface area contributed by atoms with Crippen molar-refractivity contribution in [2.75, 3.05) is 29.9 Å². The quantitative estimate of drug-likeness (QED) is 0.679. The van der Waals surface area contributed by atoms with Crippen LogP contribution in [0.1, 0.15) is 6.42 Å². The second-order valence-corrected chi connectivity index (χ2v) is 5.48. The van der Waals surface area contributed by atoms with E-state index in [0.717, 1.165) is 26.1 Å². The van der Waals surface area contributed by atoms with Crippen LogP contribution in [-0.2, 0) is 0 Å². The molecule has 0 radical (unpaired) electrons. The number of aromatic nitrogens is 1. The average molecular weight is 298 g/mol. The standard InChI is InChI=1S/C16H18N4O2/c21-20(22)15-6-7-16(18-11-15)17-10-13-8-9-19(12-13)14-4-2-1-3-5-14/h1-7,11,13H,8-10,12H2,(H,17,18)/t13-/m0/s1. The van der Waals surface area contributed by atoms with E-state index in [1.165, 1.54) is 18.0 Å². The molecule has 1 aromatic heterocycles. The Hall–Kier alpha value is -2.63. The highest BCUT2D eigenvalue weighted by molar-refractivity contribution is 5.47. The van der Waals surface area contributed by atoms with Gasteiger partial charge >= 0.3 is 0 Å². The second kappa shape index (κ2) is 6.43. The van der Waals surface area contributed by atoms with Crippen molar-refractivity contribution < 1.29 is 4.92 Å². The van der Waals surface area contributed by atoms with Crippen LogP contribution in [0.15, 0.2) is 48.7 Å². The lowest BCUT2D eigenvalue weighted by Gasteiger charge is -2.18. The summed E-state index contributed by atoms with van der Waals surface area (Å²) in [5, 5.41) is 13.9. The summed E-state index contributed by atoms with van der Waals surface area (Å²) in [6.07, 6.45) is 2.42. The SMILES string of the molecule is O=[N+]([O-])c1ccc(NC[C@@H]2CCN(c3ccccc3)C2)nc1. The van der Waals surface area contributed by atoms with E-state index >= 15 is 0 Å². The minimum absolute atomic E-state index is 0.0154. The molecule has 0 unspecified atom stereocenters. The van der Waals surface area contributed by atoms with Crippen molar-refractivity contribution in [2.45, 2.75) is 6.42 Å². The summed E-state index contributed by atoms with van der Waals surface area (Å²) in [6, 6.07) is 13.5. The molecule has 6 heteroatoms. The molecule has 0 amide bonds. The Morgan fingerprint density at radius 3 is 2.77 bits per heavy atom. The number of rotatable bonds is 5. The lowest BCUT2D eigenvalue weighted by molar-refractivity contribution is -0.385. The molecule has 114 valence electrons. The van der Waals surface area contributed by atoms with Crippen LogP contribution >= 0.6 is 0 Å². The van der Waals surface area contributed by atoms with Gasteiger partial charge in [0.2, 0.25) is 0 Å². The molecule has 1 aliphatic rings. The molecular weight excluding hydrogens is 280 g/mol. The molecule has 1 fully saturated rings. The fourth-order valence-electron chi connectivity index (χ4n) is 2.72. The molecule has 0 spiro atoms. The summed E-state index contributed by atoms with van der Waals surface area (Å²) in [5.41, 5.74) is 1.28. The second-order valence-electron chi connectivity index (χ2n) is 5.48. The van der Waals surface area contributed by atoms with Gasteiger partial charge in [-0.3, -0.25) is 10.1 Å². The lowest BCUT2D eigenvalue weighted by atomic mass is 10.1. The molecular formula is C16H18N4O2. The van der Waals surface area contributed by atoms with Crippen LogP contribution in [0.3, 0.4) is 0 Å². The van der Waals surface area contributed by atoms with E-state index in [-0.39, 0.29) is 5.69 Å². The Morgan fingerprint density at radius 2 is 2.09 bits per heavy atom. The van der Waals surface area contributed by atoms with E-state index in [0.29, 0.717) is 11.7 Å². The summed E-state index contributed by atoms with van der Waals surface area (Å²) < 4.78 is 0. The number of hydrogen-bond donors (Lipinski definition) is 1. The van der Waals surface area contributed by atoms with E-state index in [9.17, 15) is 10.1 Å². The van der Waals surface area contributed by atoms with Crippen molar-refractivity contribution in [3.63, 3.8) is 0 Å². The number of hydrogen-bond acceptors (Lipinski definition) is 5. The fraction of sp³-hybridized carbons (Fsp3) is 0.312. The van der Waals surface area contributed by atoms with Crippen LogP contribution in [0.5, 0.6) is 0 Å². The van der Waals surface area contributed by atoms with Crippen molar-refractivity contribution in [3.8, 4) is 0 Å². The average Bonchev–Trinajstić information content (AvgIpc) is 3.03. The molecule has 6 nitrogen and oxygen atoms in total. The van der Waals surface area contributed by atoms with Gasteiger partial charge in [-0.2, -0.15) is 0 Å². The molecule has 3 rings (SSSR count). The highest BCUT2D eigenvalue weighted by Gasteiger charge is 2.22. The van der Waals surface area contributed by atoms with Gasteiger partial charge in [-0.25, -0.2) is 4.98 Å². The number of benzene rings is 1. The highest BCUT2D eigenvalue weighted by Crippen LogP contribution is 2.23. The largest absolute Gasteiger partial charge is 0.371 e. The molecule has 0 bridgehead atoms. The van der Waals surface area contributed by atoms with Crippen LogP contribution in [0.25, 0.3) is 0 Å². The molecule has 1 aliphatic heterocycles. The third-order valence-corrected chi connectivity index (χ3v) is 3.94. The number of pyridine rings is 1. The van der Waals surface area contributed by atoms with Gasteiger partial charge in [-0.15, -0.1) is 0 Å². The Morgan fingerprint density at radius 1 is 1.27 bits per heavy atom. The van der Waals surface area contributed by atoms with E-state index < -0.39 is 4.92 Å². The van der Waals surface area contributed by atoms with Gasteiger partial charge in [-0.1, -0.05) is 18.2 Å². The first-order valence-corrected chi connectivity index (χ1v) is 7.36. The molecule has 1 N–H and O–H groups in total. The monoisotopic (exact) mass is 298 g/mol. The van der Waals surface area contributed by atoms with E-state index in [4.69, 9.17) is 0 Å². The number of nitrogens with one attached hydrogen (secondary N) is 1. The highest BCUT2D eigenvalue weighted by atomic mass is 16.6. The topological polar surface area (TPSA) is 71.3 Å². The predicted octanol–water partition coefficient (Wildman–Crippen LogP) is 2.93. The maximum atomic E-state index is 10.6. The minimum atomic E-state index is -0.439. The smallest absolute Gasteiger partial charge is 0.287 e. The third-order valence-electron chi connectivity index (χ3n) is 3.94. The third kappa shape index (κ3) is 3.33. The first-order valence-electron chi connectivity index (χ1n) is 7.36. The van der Waals surface area contributed by atoms with Gasteiger partial charge < -0.3 is 10.2 Å². The number of para-hydroxylation sites is 1. The lowest BCUT2D eigenvalue weighted by Crippen LogP contribution is -2.22. The van der Waals surface area contributed by atoms with Crippen LogP contribution in [0.2, 0.25) is 0 Å². The normalized spacial score (nSPS) is 17.5. The predicted molar refractivity (Wildman–Crippen MR) is 86.1 cm³/mol. The zero-order valence-electron chi connectivity index (χ0n) is 12.2. The summed E-state index contributed by atoms with van der Waals surface area (Å²) in [5.74, 6) is 1.24. The van der Waals surface area contributed by atoms with E-state index in [2.05, 4.69) is 39.5 Å². The van der Waals surface area contributed by atoms with Crippen LogP contribution in [0.4, 0.5) is 17.2 Å². The summed E-state index contributed by atoms with van der Waals surface area (Å²) in [7, 11) is 0. The van der Waals surface area contributed by atoms with Crippen LogP contribution in [0, 0.1) is 16.0 Å². The first-order chi connectivity index (χ1) is 10.7. The molecule has 22 heavy (non-hydrogen) atoms. The minimum Gasteiger partial charge on any atom is -0.371 e. The van der Waals surface area contributed by atoms with Crippen molar-refractivity contribution in [2.24, 2.45) is 5.92 Å². The van der Waals surface area contributed by atoms with Crippen molar-refractivity contribution in [1.29, 1.82) is 0 Å². The Labute approximate surface area is 128 Å². The van der Waals surface area contributed by atoms with Crippen molar-refractivity contribution >= 4 is 17.2 Å². The summed E-state index contributed by atoms with van der Waals surface area (Å²) in [4.78, 5) is 16.6. The first kappa shape index (κ1) is 14.3. The summed E-state index contributed by atoms with van der Waals surface area (Å²) >= 11 is 0.